The molecule has 0 aromatic rings. The van der Waals surface area contributed by atoms with Gasteiger partial charge in [-0.2, -0.15) is 0 Å². The number of esters is 5. The number of carbonyl (C=O) groups excluding carboxylic acids is 6. The number of hydrogen-bond acceptors (Lipinski definition) is 13. The predicted molar refractivity (Wildman–Crippen MR) is 169 cm³/mol. The molecule has 5 aliphatic rings. The minimum Gasteiger partial charge on any atom is -0.467 e. The van der Waals surface area contributed by atoms with Crippen molar-refractivity contribution >= 4 is 35.6 Å². The second kappa shape index (κ2) is 14.7. The van der Waals surface area contributed by atoms with Crippen LogP contribution >= 0.6 is 0 Å². The molecule has 0 bridgehead atoms. The normalized spacial score (nSPS) is 41.2. The molecule has 5 rings (SSSR count). The summed E-state index contributed by atoms with van der Waals surface area (Å²) in [6.45, 7) is 9.12. The van der Waals surface area contributed by atoms with Crippen LogP contribution < -0.4 is 0 Å². The Labute approximate surface area is 287 Å². The Morgan fingerprint density at radius 1 is 0.673 bits per heavy atom. The minimum absolute atomic E-state index is 0.00259. The van der Waals surface area contributed by atoms with E-state index < -0.39 is 54.6 Å². The first-order valence-electron chi connectivity index (χ1n) is 17.7. The fourth-order valence-electron chi connectivity index (χ4n) is 10.6. The van der Waals surface area contributed by atoms with E-state index in [1.165, 1.54) is 6.92 Å². The van der Waals surface area contributed by atoms with Gasteiger partial charge in [-0.3, -0.25) is 24.0 Å². The summed E-state index contributed by atoms with van der Waals surface area (Å²) in [6, 6.07) is 0. The first-order valence-corrected chi connectivity index (χ1v) is 17.7. The maximum absolute atomic E-state index is 14.0. The first-order chi connectivity index (χ1) is 23.1. The molecule has 0 unspecified atom stereocenters. The van der Waals surface area contributed by atoms with Crippen molar-refractivity contribution < 1.29 is 61.9 Å². The van der Waals surface area contributed by atoms with E-state index in [1.54, 1.807) is 0 Å². The van der Waals surface area contributed by atoms with E-state index in [4.69, 9.17) is 33.2 Å². The Morgan fingerprint density at radius 3 is 1.90 bits per heavy atom. The van der Waals surface area contributed by atoms with Gasteiger partial charge in [-0.1, -0.05) is 13.8 Å². The Hall–Kier alpha value is -3.06. The van der Waals surface area contributed by atoms with Gasteiger partial charge >= 0.3 is 29.8 Å². The quantitative estimate of drug-likeness (QED) is 0.253. The van der Waals surface area contributed by atoms with E-state index >= 15 is 0 Å². The highest BCUT2D eigenvalue weighted by atomic mass is 16.7. The third-order valence-electron chi connectivity index (χ3n) is 12.6. The molecular weight excluding hydrogens is 640 g/mol. The number of ether oxygens (including phenoxy) is 7. The van der Waals surface area contributed by atoms with Crippen molar-refractivity contribution in [3.8, 4) is 0 Å². The Balaban J connectivity index is 1.30. The number of carbonyl (C=O) groups is 6. The third-order valence-corrected chi connectivity index (χ3v) is 12.6. The van der Waals surface area contributed by atoms with Gasteiger partial charge in [0.1, 0.15) is 12.7 Å². The fraction of sp³-hybridized carbons (Fsp3) is 0.833. The van der Waals surface area contributed by atoms with Gasteiger partial charge in [0.15, 0.2) is 36.5 Å². The number of fused-ring (bicyclic) bond motifs is 5. The van der Waals surface area contributed by atoms with Crippen LogP contribution in [0.1, 0.15) is 99.3 Å². The lowest BCUT2D eigenvalue weighted by atomic mass is 9.44. The Bertz CT molecular complexity index is 1310. The van der Waals surface area contributed by atoms with Crippen molar-refractivity contribution in [1.82, 2.24) is 0 Å². The summed E-state index contributed by atoms with van der Waals surface area (Å²) in [5.41, 5.74) is -0.0213. The summed E-state index contributed by atoms with van der Waals surface area (Å²) in [6.07, 6.45) is 1.17. The number of ketones is 1. The Kier molecular flexibility index (Phi) is 11.1. The molecular formula is C36H52O13. The molecule has 0 spiro atoms. The molecule has 5 fully saturated rings. The van der Waals surface area contributed by atoms with Crippen LogP contribution in [0.15, 0.2) is 0 Å². The number of Topliss-reactive ketones (excluding diaryl/α,β-unsaturated/α-hetero) is 1. The van der Waals surface area contributed by atoms with E-state index in [-0.39, 0.29) is 41.2 Å². The summed E-state index contributed by atoms with van der Waals surface area (Å²) < 4.78 is 38.5. The second-order valence-electron chi connectivity index (χ2n) is 15.3. The monoisotopic (exact) mass is 692 g/mol. The van der Waals surface area contributed by atoms with E-state index in [2.05, 4.69) is 13.8 Å². The smallest absolute Gasteiger partial charge is 0.339 e. The van der Waals surface area contributed by atoms with Crippen molar-refractivity contribution in [1.29, 1.82) is 0 Å². The van der Waals surface area contributed by atoms with Crippen LogP contribution in [0.25, 0.3) is 0 Å². The van der Waals surface area contributed by atoms with E-state index in [0.29, 0.717) is 23.7 Å². The molecule has 13 heteroatoms. The van der Waals surface area contributed by atoms with Gasteiger partial charge in [-0.25, -0.2) is 4.79 Å². The van der Waals surface area contributed by atoms with Crippen LogP contribution in [0.5, 0.6) is 0 Å². The van der Waals surface area contributed by atoms with Crippen LogP contribution in [0.3, 0.4) is 0 Å². The summed E-state index contributed by atoms with van der Waals surface area (Å²) in [5.74, 6) is -1.88. The molecule has 0 amide bonds. The average Bonchev–Trinajstić information content (AvgIpc) is 3.38. The standard InChI is InChI=1S/C36H52O13/c1-18(37)45-23-12-14-35(5)22(16-23)8-9-24-25-10-11-27(36(25,6)15-13-26(24)35)28(41)17-44-34-32(48-21(4)40)30(47-20(3)39)29(46-19(2)38)31(49-34)33(42)43-7/h22-27,29-32,34H,8-17H2,1-7H3/t22-,23-,24+,25-,26+,27+,29-,30-,31-,32+,34+,35+,36-/m1/s1. The van der Waals surface area contributed by atoms with Gasteiger partial charge in [0.05, 0.1) is 7.11 Å². The molecule has 13 atom stereocenters. The van der Waals surface area contributed by atoms with Crippen LogP contribution in [0, 0.1) is 40.4 Å². The number of methoxy groups -OCH3 is 1. The highest BCUT2D eigenvalue weighted by Gasteiger charge is 2.62. The average molecular weight is 693 g/mol. The van der Waals surface area contributed by atoms with Crippen molar-refractivity contribution in [2.45, 2.75) is 136 Å². The minimum atomic E-state index is -1.59. The largest absolute Gasteiger partial charge is 0.467 e. The molecule has 1 aliphatic heterocycles. The SMILES string of the molecule is COC(=O)[C@@H]1O[C@H](OCC(=O)[C@@H]2CC[C@@H]3[C@@H]4CC[C@@H]5C[C@H](OC(C)=O)CC[C@]5(C)[C@H]4CC[C@]32C)[C@@H](OC(C)=O)[C@H](OC(C)=O)[C@H]1OC(C)=O. The van der Waals surface area contributed by atoms with Crippen LogP contribution in [-0.2, 0) is 61.9 Å². The van der Waals surface area contributed by atoms with Gasteiger partial charge in [0.25, 0.3) is 0 Å². The fourth-order valence-corrected chi connectivity index (χ4v) is 10.6. The van der Waals surface area contributed by atoms with Crippen molar-refractivity contribution in [2.75, 3.05) is 13.7 Å². The van der Waals surface area contributed by atoms with Crippen LogP contribution in [0.4, 0.5) is 0 Å². The molecule has 4 saturated carbocycles. The molecule has 0 radical (unpaired) electrons. The molecule has 274 valence electrons. The summed E-state index contributed by atoms with van der Waals surface area (Å²) >= 11 is 0. The van der Waals surface area contributed by atoms with E-state index in [1.807, 2.05) is 0 Å². The topological polar surface area (TPSA) is 167 Å². The molecule has 1 saturated heterocycles. The van der Waals surface area contributed by atoms with Gasteiger partial charge in [0, 0.05) is 33.6 Å². The zero-order chi connectivity index (χ0) is 35.8. The lowest BCUT2D eigenvalue weighted by Crippen LogP contribution is -2.64. The lowest BCUT2D eigenvalue weighted by Gasteiger charge is -2.61. The van der Waals surface area contributed by atoms with Gasteiger partial charge in [-0.05, 0) is 92.3 Å². The summed E-state index contributed by atoms with van der Waals surface area (Å²) in [5, 5.41) is 0. The zero-order valence-electron chi connectivity index (χ0n) is 29.7. The highest BCUT2D eigenvalue weighted by Crippen LogP contribution is 2.67. The Morgan fingerprint density at radius 2 is 1.27 bits per heavy atom. The van der Waals surface area contributed by atoms with Crippen molar-refractivity contribution in [2.24, 2.45) is 40.4 Å². The summed E-state index contributed by atoms with van der Waals surface area (Å²) in [4.78, 5) is 74.7. The number of rotatable bonds is 9. The molecule has 1 heterocycles. The molecule has 4 aliphatic carbocycles. The molecule has 0 aromatic heterocycles. The molecule has 13 nitrogen and oxygen atoms in total. The third kappa shape index (κ3) is 7.38. The van der Waals surface area contributed by atoms with Gasteiger partial charge in [0.2, 0.25) is 0 Å². The number of hydrogen-bond donors (Lipinski definition) is 0. The van der Waals surface area contributed by atoms with E-state index in [0.717, 1.165) is 85.7 Å². The van der Waals surface area contributed by atoms with Crippen molar-refractivity contribution in [3.05, 3.63) is 0 Å². The summed E-state index contributed by atoms with van der Waals surface area (Å²) in [7, 11) is 1.11. The van der Waals surface area contributed by atoms with Crippen LogP contribution in [-0.4, -0.2) is 86.2 Å². The maximum Gasteiger partial charge on any atom is 0.339 e. The molecule has 0 aromatic carbocycles. The zero-order valence-corrected chi connectivity index (χ0v) is 29.7. The van der Waals surface area contributed by atoms with Gasteiger partial charge in [-0.15, -0.1) is 0 Å². The lowest BCUT2D eigenvalue weighted by molar-refractivity contribution is -0.300. The highest BCUT2D eigenvalue weighted by molar-refractivity contribution is 5.83. The predicted octanol–water partition coefficient (Wildman–Crippen LogP) is 3.86. The van der Waals surface area contributed by atoms with Crippen molar-refractivity contribution in [3.63, 3.8) is 0 Å². The molecule has 49 heavy (non-hydrogen) atoms. The molecule has 0 N–H and O–H groups in total. The van der Waals surface area contributed by atoms with E-state index in [9.17, 15) is 28.8 Å². The second-order valence-corrected chi connectivity index (χ2v) is 15.3. The maximum atomic E-state index is 14.0. The van der Waals surface area contributed by atoms with Gasteiger partial charge < -0.3 is 33.2 Å². The van der Waals surface area contributed by atoms with Crippen LogP contribution in [0.2, 0.25) is 0 Å². The first kappa shape index (κ1) is 37.2.